The summed E-state index contributed by atoms with van der Waals surface area (Å²) in [7, 11) is 2.47. The summed E-state index contributed by atoms with van der Waals surface area (Å²) in [5, 5.41) is 0. The highest BCUT2D eigenvalue weighted by atomic mass is 32.2. The Morgan fingerprint density at radius 3 is 1.75 bits per heavy atom. The molecule has 36 heavy (non-hydrogen) atoms. The van der Waals surface area contributed by atoms with Crippen LogP contribution in [0.1, 0.15) is 28.7 Å². The second-order valence-electron chi connectivity index (χ2n) is 9.64. The van der Waals surface area contributed by atoms with Gasteiger partial charge in [-0.2, -0.15) is 0 Å². The normalized spacial score (nSPS) is 12.2. The molecule has 0 aliphatic carbocycles. The van der Waals surface area contributed by atoms with Crippen LogP contribution in [0.25, 0.3) is 12.2 Å². The summed E-state index contributed by atoms with van der Waals surface area (Å²) in [5.41, 5.74) is 4.81. The second kappa shape index (κ2) is 14.3. The molecule has 0 saturated carbocycles. The molecule has 0 saturated heterocycles. The third kappa shape index (κ3) is 12.5. The highest BCUT2D eigenvalue weighted by Gasteiger charge is 2.05. The molecule has 0 amide bonds. The lowest BCUT2D eigenvalue weighted by molar-refractivity contribution is -0.870. The summed E-state index contributed by atoms with van der Waals surface area (Å²) in [4.78, 5) is -0.178. The van der Waals surface area contributed by atoms with Crippen molar-refractivity contribution in [2.75, 3.05) is 27.7 Å². The molecule has 0 fully saturated rings. The summed E-state index contributed by atoms with van der Waals surface area (Å²) in [6, 6.07) is 25.0. The first kappa shape index (κ1) is 29.0. The average Bonchev–Trinajstić information content (AvgIpc) is 2.82. The van der Waals surface area contributed by atoms with Crippen LogP contribution in [0.5, 0.6) is 0 Å². The number of quaternary nitrogens is 1. The van der Waals surface area contributed by atoms with E-state index in [9.17, 15) is 13.0 Å². The number of allylic oxidation sites excluding steroid dienone is 4. The maximum Gasteiger partial charge on any atom is 0.124 e. The zero-order chi connectivity index (χ0) is 26.4. The Hall–Kier alpha value is -3.25. The Kier molecular flexibility index (Phi) is 11.5. The summed E-state index contributed by atoms with van der Waals surface area (Å²) in [6.45, 7) is 3.03. The van der Waals surface area contributed by atoms with Crippen LogP contribution in [-0.2, 0) is 16.5 Å². The average molecular weight is 504 g/mol. The molecule has 0 spiro atoms. The summed E-state index contributed by atoms with van der Waals surface area (Å²) in [5.74, 6) is 0. The number of hydrogen-bond acceptors (Lipinski definition) is 3. The van der Waals surface area contributed by atoms with Crippen LogP contribution >= 0.6 is 0 Å². The largest absolute Gasteiger partial charge is 0.744 e. The molecule has 0 aliphatic rings. The van der Waals surface area contributed by atoms with Crippen LogP contribution in [-0.4, -0.2) is 45.1 Å². The van der Waals surface area contributed by atoms with E-state index in [1.807, 2.05) is 13.0 Å². The smallest absolute Gasteiger partial charge is 0.124 e. The zero-order valence-corrected chi connectivity index (χ0v) is 22.5. The maximum absolute atomic E-state index is 10.4. The Labute approximate surface area is 217 Å². The minimum atomic E-state index is -4.27. The van der Waals surface area contributed by atoms with Gasteiger partial charge in [-0.1, -0.05) is 109 Å². The Bertz CT molecular complexity index is 1230. The van der Waals surface area contributed by atoms with Crippen molar-refractivity contribution >= 4 is 22.3 Å². The Morgan fingerprint density at radius 1 is 0.722 bits per heavy atom. The van der Waals surface area contributed by atoms with E-state index in [2.05, 4.69) is 106 Å². The van der Waals surface area contributed by atoms with E-state index in [0.717, 1.165) is 16.5 Å². The van der Waals surface area contributed by atoms with Crippen LogP contribution in [0.4, 0.5) is 0 Å². The fourth-order valence-electron chi connectivity index (χ4n) is 3.28. The monoisotopic (exact) mass is 503 g/mol. The minimum absolute atomic E-state index is 0.178. The molecule has 5 heteroatoms. The van der Waals surface area contributed by atoms with E-state index in [1.165, 1.54) is 41.8 Å². The quantitative estimate of drug-likeness (QED) is 0.190. The Morgan fingerprint density at radius 2 is 1.25 bits per heavy atom. The van der Waals surface area contributed by atoms with E-state index in [1.54, 1.807) is 12.1 Å². The first-order valence-corrected chi connectivity index (χ1v) is 13.4. The van der Waals surface area contributed by atoms with Crippen LogP contribution in [0.3, 0.4) is 0 Å². The summed E-state index contributed by atoms with van der Waals surface area (Å²) < 4.78 is 32.2. The van der Waals surface area contributed by atoms with Crippen molar-refractivity contribution in [1.82, 2.24) is 0 Å². The molecule has 0 N–H and O–H groups in total. The van der Waals surface area contributed by atoms with Gasteiger partial charge in [0.2, 0.25) is 0 Å². The third-order valence-corrected chi connectivity index (χ3v) is 6.14. The molecule has 0 bridgehead atoms. The van der Waals surface area contributed by atoms with Gasteiger partial charge in [-0.3, -0.25) is 0 Å². The molecule has 0 aromatic heterocycles. The van der Waals surface area contributed by atoms with Crippen molar-refractivity contribution in [2.45, 2.75) is 24.7 Å². The van der Waals surface area contributed by atoms with Crippen LogP contribution in [0, 0.1) is 6.92 Å². The fourth-order valence-corrected chi connectivity index (χ4v) is 3.75. The van der Waals surface area contributed by atoms with E-state index in [-0.39, 0.29) is 4.90 Å². The van der Waals surface area contributed by atoms with Crippen LogP contribution in [0.2, 0.25) is 0 Å². The highest BCUT2D eigenvalue weighted by Crippen LogP contribution is 2.10. The topological polar surface area (TPSA) is 57.2 Å². The van der Waals surface area contributed by atoms with Gasteiger partial charge in [0.15, 0.2) is 0 Å². The van der Waals surface area contributed by atoms with Gasteiger partial charge in [0, 0.05) is 6.42 Å². The zero-order valence-electron chi connectivity index (χ0n) is 21.7. The molecule has 4 nitrogen and oxygen atoms in total. The minimum Gasteiger partial charge on any atom is -0.744 e. The molecule has 3 rings (SSSR count). The van der Waals surface area contributed by atoms with Gasteiger partial charge >= 0.3 is 0 Å². The SMILES string of the molecule is C[N+](C)(C)CCCc1ccc(C=CC=CC=Cc2ccccc2)cc1.Cc1ccc(S(=O)(=O)[O-])cc1. The van der Waals surface area contributed by atoms with Crippen LogP contribution in [0.15, 0.2) is 108 Å². The van der Waals surface area contributed by atoms with Crippen LogP contribution < -0.4 is 0 Å². The lowest BCUT2D eigenvalue weighted by Crippen LogP contribution is -2.35. The van der Waals surface area contributed by atoms with Gasteiger partial charge in [-0.25, -0.2) is 8.42 Å². The van der Waals surface area contributed by atoms with Gasteiger partial charge in [0.25, 0.3) is 0 Å². The second-order valence-corrected chi connectivity index (χ2v) is 11.0. The molecule has 0 atom stereocenters. The van der Waals surface area contributed by atoms with E-state index in [4.69, 9.17) is 0 Å². The van der Waals surface area contributed by atoms with E-state index in [0.29, 0.717) is 0 Å². The lowest BCUT2D eigenvalue weighted by Gasteiger charge is -2.23. The van der Waals surface area contributed by atoms with Crippen molar-refractivity contribution in [2.24, 2.45) is 0 Å². The number of hydrogen-bond donors (Lipinski definition) is 0. The third-order valence-electron chi connectivity index (χ3n) is 5.29. The van der Waals surface area contributed by atoms with E-state index < -0.39 is 10.1 Å². The van der Waals surface area contributed by atoms with Crippen molar-refractivity contribution in [3.63, 3.8) is 0 Å². The molecule has 3 aromatic rings. The lowest BCUT2D eigenvalue weighted by atomic mass is 10.1. The molecule has 3 aromatic carbocycles. The molecule has 0 heterocycles. The number of benzene rings is 3. The maximum atomic E-state index is 10.4. The van der Waals surface area contributed by atoms with Gasteiger partial charge in [-0.05, 0) is 42.2 Å². The predicted octanol–water partition coefficient (Wildman–Crippen LogP) is 6.51. The molecule has 0 aliphatic heterocycles. The van der Waals surface area contributed by atoms with Crippen molar-refractivity contribution in [3.8, 4) is 0 Å². The molecule has 0 unspecified atom stereocenters. The number of aryl methyl sites for hydroxylation is 2. The van der Waals surface area contributed by atoms with Gasteiger partial charge in [-0.15, -0.1) is 0 Å². The first-order valence-electron chi connectivity index (χ1n) is 12.0. The van der Waals surface area contributed by atoms with Crippen molar-refractivity contribution in [3.05, 3.63) is 125 Å². The van der Waals surface area contributed by atoms with Gasteiger partial charge in [0.05, 0.1) is 32.6 Å². The number of rotatable bonds is 9. The fraction of sp³-hybridized carbons (Fsp3) is 0.226. The number of nitrogens with zero attached hydrogens (tertiary/aromatic N) is 1. The van der Waals surface area contributed by atoms with Crippen molar-refractivity contribution in [1.29, 1.82) is 0 Å². The first-order chi connectivity index (χ1) is 17.0. The summed E-state index contributed by atoms with van der Waals surface area (Å²) in [6.07, 6.45) is 14.9. The van der Waals surface area contributed by atoms with Crippen molar-refractivity contribution < 1.29 is 17.5 Å². The predicted molar refractivity (Wildman–Crippen MR) is 150 cm³/mol. The standard InChI is InChI=1S/C24H30N.C7H8O3S/c1-25(2,3)21-11-16-24-19-17-23(18-20-24)15-8-5-4-7-12-22-13-9-6-10-14-22;1-6-2-4-7(5-3-6)11(8,9)10/h4-10,12-15,17-20H,11,16,21H2,1-3H3;2-5H,1H3,(H,8,9,10)/q+1;/p-1. The van der Waals surface area contributed by atoms with E-state index >= 15 is 0 Å². The summed E-state index contributed by atoms with van der Waals surface area (Å²) >= 11 is 0. The molecular weight excluding hydrogens is 466 g/mol. The molecule has 0 radical (unpaired) electrons. The molecular formula is C31H37NO3S. The Balaban J connectivity index is 0.000000346. The molecule has 190 valence electrons. The van der Waals surface area contributed by atoms with Gasteiger partial charge in [0.1, 0.15) is 10.1 Å². The highest BCUT2D eigenvalue weighted by molar-refractivity contribution is 7.85. The van der Waals surface area contributed by atoms with Gasteiger partial charge < -0.3 is 9.04 Å².